The molecule has 0 radical (unpaired) electrons. The molecule has 0 aliphatic carbocycles. The Morgan fingerprint density at radius 2 is 1.75 bits per heavy atom. The summed E-state index contributed by atoms with van der Waals surface area (Å²) in [6.45, 7) is 2.49. The van der Waals surface area contributed by atoms with Crippen molar-refractivity contribution >= 4 is 11.2 Å². The maximum Gasteiger partial charge on any atom is 0.283 e. The Kier molecular flexibility index (Phi) is 3.42. The van der Waals surface area contributed by atoms with Crippen LogP contribution in [-0.4, -0.2) is 24.5 Å². The van der Waals surface area contributed by atoms with E-state index in [2.05, 4.69) is 15.3 Å². The molecular formula is C18H15N5O. The van der Waals surface area contributed by atoms with E-state index in [-0.39, 0.29) is 11.1 Å². The Labute approximate surface area is 138 Å². The lowest BCUT2D eigenvalue weighted by molar-refractivity contribution is 0.741. The highest BCUT2D eigenvalue weighted by molar-refractivity contribution is 5.70. The van der Waals surface area contributed by atoms with Crippen molar-refractivity contribution in [2.75, 3.05) is 0 Å². The molecule has 2 heterocycles. The van der Waals surface area contributed by atoms with E-state index in [9.17, 15) is 4.79 Å². The van der Waals surface area contributed by atoms with Crippen LogP contribution in [0, 0.1) is 6.92 Å². The molecule has 4 rings (SSSR count). The molecule has 6 nitrogen and oxygen atoms in total. The summed E-state index contributed by atoms with van der Waals surface area (Å²) in [5.41, 5.74) is 3.59. The van der Waals surface area contributed by atoms with Crippen molar-refractivity contribution in [2.24, 2.45) is 0 Å². The molecule has 6 heteroatoms. The fraction of sp³-hybridized carbons (Fsp3) is 0.111. The number of aromatic nitrogens is 5. The fourth-order valence-electron chi connectivity index (χ4n) is 2.67. The minimum atomic E-state index is -0.189. The molecule has 4 aromatic rings. The van der Waals surface area contributed by atoms with Gasteiger partial charge in [0, 0.05) is 0 Å². The number of rotatable bonds is 3. The van der Waals surface area contributed by atoms with Gasteiger partial charge >= 0.3 is 0 Å². The highest BCUT2D eigenvalue weighted by Crippen LogP contribution is 2.12. The van der Waals surface area contributed by atoms with Gasteiger partial charge < -0.3 is 0 Å². The van der Waals surface area contributed by atoms with Crippen molar-refractivity contribution in [2.45, 2.75) is 13.5 Å². The number of hydrogen-bond donors (Lipinski definition) is 0. The summed E-state index contributed by atoms with van der Waals surface area (Å²) in [6.07, 6.45) is 1.56. The molecule has 2 aromatic heterocycles. The first-order valence-corrected chi connectivity index (χ1v) is 7.65. The van der Waals surface area contributed by atoms with E-state index in [1.54, 1.807) is 15.6 Å². The van der Waals surface area contributed by atoms with Crippen LogP contribution in [0.3, 0.4) is 0 Å². The Balaban J connectivity index is 1.80. The Morgan fingerprint density at radius 3 is 2.54 bits per heavy atom. The lowest BCUT2D eigenvalue weighted by Gasteiger charge is -2.08. The van der Waals surface area contributed by atoms with Gasteiger partial charge in [-0.15, -0.1) is 5.10 Å². The molecule has 24 heavy (non-hydrogen) atoms. The van der Waals surface area contributed by atoms with Crippen molar-refractivity contribution in [1.29, 1.82) is 0 Å². The van der Waals surface area contributed by atoms with Crippen LogP contribution in [0.1, 0.15) is 11.1 Å². The summed E-state index contributed by atoms with van der Waals surface area (Å²) in [6, 6.07) is 17.5. The van der Waals surface area contributed by atoms with Gasteiger partial charge in [0.1, 0.15) is 6.33 Å². The molecule has 0 bridgehead atoms. The Morgan fingerprint density at radius 1 is 1.00 bits per heavy atom. The molecular weight excluding hydrogens is 302 g/mol. The molecule has 0 N–H and O–H groups in total. The molecule has 0 spiro atoms. The second kappa shape index (κ2) is 5.73. The summed E-state index contributed by atoms with van der Waals surface area (Å²) >= 11 is 0. The van der Waals surface area contributed by atoms with Crippen molar-refractivity contribution < 1.29 is 0 Å². The first-order valence-electron chi connectivity index (χ1n) is 7.65. The smallest absolute Gasteiger partial charge is 0.283 e. The van der Waals surface area contributed by atoms with E-state index < -0.39 is 0 Å². The van der Waals surface area contributed by atoms with E-state index in [0.29, 0.717) is 12.2 Å². The monoisotopic (exact) mass is 317 g/mol. The molecule has 0 saturated carbocycles. The van der Waals surface area contributed by atoms with Crippen LogP contribution in [0.5, 0.6) is 0 Å². The van der Waals surface area contributed by atoms with Crippen LogP contribution in [-0.2, 0) is 6.54 Å². The van der Waals surface area contributed by atoms with Crippen LogP contribution in [0.4, 0.5) is 0 Å². The van der Waals surface area contributed by atoms with Gasteiger partial charge in [-0.05, 0) is 30.2 Å². The zero-order valence-corrected chi connectivity index (χ0v) is 13.1. The largest absolute Gasteiger partial charge is 0.293 e. The van der Waals surface area contributed by atoms with Crippen molar-refractivity contribution in [3.8, 4) is 5.69 Å². The SMILES string of the molecule is Cc1ccccc1Cn1cnc2c(nnn2-c2ccccc2)c1=O. The summed E-state index contributed by atoms with van der Waals surface area (Å²) in [4.78, 5) is 17.1. The maximum atomic E-state index is 12.7. The van der Waals surface area contributed by atoms with Gasteiger partial charge in [0.05, 0.1) is 12.2 Å². The third-order valence-corrected chi connectivity index (χ3v) is 4.03. The van der Waals surface area contributed by atoms with Gasteiger partial charge in [-0.3, -0.25) is 9.36 Å². The Hall–Kier alpha value is -3.28. The fourth-order valence-corrected chi connectivity index (χ4v) is 2.67. The number of aryl methyl sites for hydroxylation is 1. The van der Waals surface area contributed by atoms with Gasteiger partial charge in [-0.1, -0.05) is 47.7 Å². The van der Waals surface area contributed by atoms with E-state index in [1.807, 2.05) is 61.5 Å². The second-order valence-electron chi connectivity index (χ2n) is 5.61. The van der Waals surface area contributed by atoms with E-state index >= 15 is 0 Å². The number of nitrogens with zero attached hydrogens (tertiary/aromatic N) is 5. The van der Waals surface area contributed by atoms with Crippen LogP contribution in [0.25, 0.3) is 16.9 Å². The molecule has 118 valence electrons. The molecule has 0 aliphatic rings. The maximum absolute atomic E-state index is 12.7. The van der Waals surface area contributed by atoms with Crippen molar-refractivity contribution in [3.63, 3.8) is 0 Å². The van der Waals surface area contributed by atoms with Crippen LogP contribution < -0.4 is 5.56 Å². The molecule has 2 aromatic carbocycles. The normalized spacial score (nSPS) is 11.0. The first kappa shape index (κ1) is 14.3. The molecule has 0 unspecified atom stereocenters. The zero-order valence-electron chi connectivity index (χ0n) is 13.1. The lowest BCUT2D eigenvalue weighted by Crippen LogP contribution is -2.22. The number of hydrogen-bond acceptors (Lipinski definition) is 4. The zero-order chi connectivity index (χ0) is 16.5. The minimum absolute atomic E-state index is 0.189. The Bertz CT molecular complexity index is 1070. The quantitative estimate of drug-likeness (QED) is 0.582. The predicted octanol–water partition coefficient (Wildman–Crippen LogP) is 2.33. The summed E-state index contributed by atoms with van der Waals surface area (Å²) in [7, 11) is 0. The van der Waals surface area contributed by atoms with Crippen LogP contribution in [0.15, 0.2) is 65.7 Å². The van der Waals surface area contributed by atoms with Crippen LogP contribution >= 0.6 is 0 Å². The highest BCUT2D eigenvalue weighted by Gasteiger charge is 2.13. The summed E-state index contributed by atoms with van der Waals surface area (Å²) in [5.74, 6) is 0. The third-order valence-electron chi connectivity index (χ3n) is 4.03. The standard InChI is InChI=1S/C18H15N5O/c1-13-7-5-6-8-14(13)11-22-12-19-17-16(18(22)24)20-21-23(17)15-9-3-2-4-10-15/h2-10,12H,11H2,1H3. The third kappa shape index (κ3) is 2.38. The van der Waals surface area contributed by atoms with Crippen molar-refractivity contribution in [3.05, 3.63) is 82.4 Å². The number of para-hydroxylation sites is 1. The summed E-state index contributed by atoms with van der Waals surface area (Å²) < 4.78 is 3.14. The van der Waals surface area contributed by atoms with E-state index in [0.717, 1.165) is 16.8 Å². The average Bonchev–Trinajstić information content (AvgIpc) is 3.05. The predicted molar refractivity (Wildman–Crippen MR) is 91.2 cm³/mol. The summed E-state index contributed by atoms with van der Waals surface area (Å²) in [5, 5.41) is 8.12. The van der Waals surface area contributed by atoms with E-state index in [4.69, 9.17) is 0 Å². The number of fused-ring (bicyclic) bond motifs is 1. The van der Waals surface area contributed by atoms with Gasteiger partial charge in [0.2, 0.25) is 0 Å². The second-order valence-corrected chi connectivity index (χ2v) is 5.61. The van der Waals surface area contributed by atoms with Crippen molar-refractivity contribution in [1.82, 2.24) is 24.5 Å². The van der Waals surface area contributed by atoms with Gasteiger partial charge in [-0.25, -0.2) is 4.98 Å². The molecule has 0 amide bonds. The molecule has 0 aliphatic heterocycles. The highest BCUT2D eigenvalue weighted by atomic mass is 16.1. The topological polar surface area (TPSA) is 65.6 Å². The minimum Gasteiger partial charge on any atom is -0.293 e. The molecule has 0 atom stereocenters. The van der Waals surface area contributed by atoms with Gasteiger partial charge in [0.25, 0.3) is 5.56 Å². The van der Waals surface area contributed by atoms with Gasteiger partial charge in [-0.2, -0.15) is 4.68 Å². The molecule has 0 saturated heterocycles. The van der Waals surface area contributed by atoms with Crippen LogP contribution in [0.2, 0.25) is 0 Å². The lowest BCUT2D eigenvalue weighted by atomic mass is 10.1. The van der Waals surface area contributed by atoms with E-state index in [1.165, 1.54) is 0 Å². The average molecular weight is 317 g/mol. The molecule has 0 fully saturated rings. The van der Waals surface area contributed by atoms with Gasteiger partial charge in [0.15, 0.2) is 11.2 Å². The number of benzene rings is 2. The first-order chi connectivity index (χ1) is 11.7.